The maximum Gasteiger partial charge on any atom is 0.166 e. The standard InChI is InChI=1S/C21H16N2O/c24-21-19(15-9-3-1-4-10-15)23-18-14-8-7-13-17(18)20(21)22-16-11-5-2-6-12-16/h1-14,24H,(H,22,23). The molecule has 0 spiro atoms. The molecule has 0 saturated heterocycles. The lowest BCUT2D eigenvalue weighted by Crippen LogP contribution is -1.96. The molecule has 2 N–H and O–H groups in total. The van der Waals surface area contributed by atoms with Crippen molar-refractivity contribution in [2.75, 3.05) is 5.32 Å². The molecule has 0 unspecified atom stereocenters. The maximum absolute atomic E-state index is 10.9. The number of aromatic nitrogens is 1. The van der Waals surface area contributed by atoms with Crippen LogP contribution in [0, 0.1) is 0 Å². The van der Waals surface area contributed by atoms with Crippen molar-refractivity contribution in [3.63, 3.8) is 0 Å². The first-order valence-corrected chi connectivity index (χ1v) is 7.82. The summed E-state index contributed by atoms with van der Waals surface area (Å²) in [4.78, 5) is 4.66. The van der Waals surface area contributed by atoms with Crippen LogP contribution in [0.4, 0.5) is 11.4 Å². The van der Waals surface area contributed by atoms with Gasteiger partial charge in [-0.05, 0) is 18.2 Å². The van der Waals surface area contributed by atoms with Crippen LogP contribution in [-0.4, -0.2) is 10.1 Å². The van der Waals surface area contributed by atoms with Crippen molar-refractivity contribution in [3.05, 3.63) is 84.9 Å². The van der Waals surface area contributed by atoms with Gasteiger partial charge < -0.3 is 10.4 Å². The van der Waals surface area contributed by atoms with Crippen molar-refractivity contribution in [2.24, 2.45) is 0 Å². The topological polar surface area (TPSA) is 45.2 Å². The number of aromatic hydroxyl groups is 1. The Labute approximate surface area is 140 Å². The van der Waals surface area contributed by atoms with Crippen LogP contribution in [-0.2, 0) is 0 Å². The molecule has 0 fully saturated rings. The van der Waals surface area contributed by atoms with Crippen molar-refractivity contribution in [1.82, 2.24) is 4.98 Å². The smallest absolute Gasteiger partial charge is 0.166 e. The Morgan fingerprint density at radius 2 is 1.33 bits per heavy atom. The molecule has 3 aromatic carbocycles. The highest BCUT2D eigenvalue weighted by Crippen LogP contribution is 2.40. The monoisotopic (exact) mass is 312 g/mol. The van der Waals surface area contributed by atoms with Gasteiger partial charge in [0.15, 0.2) is 5.75 Å². The Hall–Kier alpha value is -3.33. The largest absolute Gasteiger partial charge is 0.504 e. The minimum absolute atomic E-state index is 0.156. The third-order valence-electron chi connectivity index (χ3n) is 3.96. The van der Waals surface area contributed by atoms with Gasteiger partial charge in [-0.2, -0.15) is 0 Å². The van der Waals surface area contributed by atoms with Crippen LogP contribution in [0.5, 0.6) is 5.75 Å². The first-order valence-electron chi connectivity index (χ1n) is 7.82. The van der Waals surface area contributed by atoms with Gasteiger partial charge in [0.2, 0.25) is 0 Å². The Bertz CT molecular complexity index is 983. The molecule has 1 aromatic heterocycles. The first kappa shape index (κ1) is 14.3. The van der Waals surface area contributed by atoms with Gasteiger partial charge in [-0.25, -0.2) is 4.98 Å². The van der Waals surface area contributed by atoms with Crippen LogP contribution in [0.1, 0.15) is 0 Å². The summed E-state index contributed by atoms with van der Waals surface area (Å²) in [6.45, 7) is 0. The lowest BCUT2D eigenvalue weighted by atomic mass is 10.1. The van der Waals surface area contributed by atoms with Gasteiger partial charge >= 0.3 is 0 Å². The Balaban J connectivity index is 1.95. The van der Waals surface area contributed by atoms with Crippen molar-refractivity contribution < 1.29 is 5.11 Å². The number of benzene rings is 3. The molecule has 0 bridgehead atoms. The molecule has 0 saturated carbocycles. The summed E-state index contributed by atoms with van der Waals surface area (Å²) in [7, 11) is 0. The van der Waals surface area contributed by atoms with E-state index in [9.17, 15) is 5.11 Å². The molecule has 1 heterocycles. The number of rotatable bonds is 3. The van der Waals surface area contributed by atoms with Crippen LogP contribution in [0.2, 0.25) is 0 Å². The van der Waals surface area contributed by atoms with Crippen LogP contribution < -0.4 is 5.32 Å². The number of fused-ring (bicyclic) bond motifs is 1. The molecular formula is C21H16N2O. The molecule has 116 valence electrons. The van der Waals surface area contributed by atoms with E-state index in [1.807, 2.05) is 84.9 Å². The number of nitrogens with one attached hydrogen (secondary N) is 1. The van der Waals surface area contributed by atoms with Gasteiger partial charge in [0.05, 0.1) is 11.2 Å². The van der Waals surface area contributed by atoms with Crippen LogP contribution in [0.25, 0.3) is 22.2 Å². The molecule has 0 radical (unpaired) electrons. The number of anilines is 2. The molecule has 3 heteroatoms. The second-order valence-corrected chi connectivity index (χ2v) is 5.56. The number of nitrogens with zero attached hydrogens (tertiary/aromatic N) is 1. The summed E-state index contributed by atoms with van der Waals surface area (Å²) >= 11 is 0. The molecule has 0 aliphatic rings. The average Bonchev–Trinajstić information content (AvgIpc) is 2.65. The molecule has 4 aromatic rings. The van der Waals surface area contributed by atoms with Gasteiger partial charge in [0.25, 0.3) is 0 Å². The van der Waals surface area contributed by atoms with E-state index in [0.29, 0.717) is 11.4 Å². The quantitative estimate of drug-likeness (QED) is 0.536. The second-order valence-electron chi connectivity index (χ2n) is 5.56. The maximum atomic E-state index is 10.9. The number of pyridine rings is 1. The summed E-state index contributed by atoms with van der Waals surface area (Å²) in [5, 5.41) is 15.1. The van der Waals surface area contributed by atoms with Crippen molar-refractivity contribution >= 4 is 22.3 Å². The SMILES string of the molecule is Oc1c(-c2ccccc2)nc2ccccc2c1Nc1ccccc1. The molecule has 3 nitrogen and oxygen atoms in total. The molecule has 0 amide bonds. The van der Waals surface area contributed by atoms with E-state index in [-0.39, 0.29) is 5.75 Å². The molecule has 4 rings (SSSR count). The van der Waals surface area contributed by atoms with E-state index in [1.54, 1.807) is 0 Å². The fraction of sp³-hybridized carbons (Fsp3) is 0. The highest BCUT2D eigenvalue weighted by Gasteiger charge is 2.15. The predicted molar refractivity (Wildman–Crippen MR) is 98.6 cm³/mol. The number of para-hydroxylation sites is 2. The lowest BCUT2D eigenvalue weighted by molar-refractivity contribution is 0.478. The Kier molecular flexibility index (Phi) is 3.60. The zero-order chi connectivity index (χ0) is 16.4. The molecule has 0 aliphatic carbocycles. The zero-order valence-electron chi connectivity index (χ0n) is 13.0. The summed E-state index contributed by atoms with van der Waals surface area (Å²) in [6.07, 6.45) is 0. The first-order chi connectivity index (χ1) is 11.8. The minimum Gasteiger partial charge on any atom is -0.504 e. The normalized spacial score (nSPS) is 10.7. The Morgan fingerprint density at radius 1 is 0.708 bits per heavy atom. The summed E-state index contributed by atoms with van der Waals surface area (Å²) < 4.78 is 0. The van der Waals surface area contributed by atoms with Gasteiger partial charge in [-0.1, -0.05) is 66.7 Å². The molecule has 0 aliphatic heterocycles. The molecule has 24 heavy (non-hydrogen) atoms. The third-order valence-corrected chi connectivity index (χ3v) is 3.96. The van der Waals surface area contributed by atoms with E-state index in [2.05, 4.69) is 10.3 Å². The fourth-order valence-corrected chi connectivity index (χ4v) is 2.79. The lowest BCUT2D eigenvalue weighted by Gasteiger charge is -2.15. The minimum atomic E-state index is 0.156. The summed E-state index contributed by atoms with van der Waals surface area (Å²) in [6, 6.07) is 27.4. The number of hydrogen-bond acceptors (Lipinski definition) is 3. The molecular weight excluding hydrogens is 296 g/mol. The van der Waals surface area contributed by atoms with Crippen molar-refractivity contribution in [1.29, 1.82) is 0 Å². The predicted octanol–water partition coefficient (Wildman–Crippen LogP) is 5.35. The van der Waals surface area contributed by atoms with Crippen LogP contribution in [0.15, 0.2) is 84.9 Å². The van der Waals surface area contributed by atoms with E-state index in [1.165, 1.54) is 0 Å². The third kappa shape index (κ3) is 2.57. The average molecular weight is 312 g/mol. The Morgan fingerprint density at radius 3 is 2.08 bits per heavy atom. The van der Waals surface area contributed by atoms with E-state index in [4.69, 9.17) is 0 Å². The second kappa shape index (κ2) is 6.05. The van der Waals surface area contributed by atoms with Crippen molar-refractivity contribution in [3.8, 4) is 17.0 Å². The van der Waals surface area contributed by atoms with Crippen LogP contribution in [0.3, 0.4) is 0 Å². The van der Waals surface area contributed by atoms with E-state index >= 15 is 0 Å². The molecule has 0 atom stereocenters. The fourth-order valence-electron chi connectivity index (χ4n) is 2.79. The number of hydrogen-bond donors (Lipinski definition) is 2. The van der Waals surface area contributed by atoms with Gasteiger partial charge in [-0.15, -0.1) is 0 Å². The zero-order valence-corrected chi connectivity index (χ0v) is 13.0. The van der Waals surface area contributed by atoms with Crippen molar-refractivity contribution in [2.45, 2.75) is 0 Å². The highest BCUT2D eigenvalue weighted by molar-refractivity contribution is 5.99. The van der Waals surface area contributed by atoms with Gasteiger partial charge in [0, 0.05) is 16.6 Å². The van der Waals surface area contributed by atoms with E-state index < -0.39 is 0 Å². The van der Waals surface area contributed by atoms with Gasteiger partial charge in [-0.3, -0.25) is 0 Å². The van der Waals surface area contributed by atoms with Crippen LogP contribution >= 0.6 is 0 Å². The summed E-state index contributed by atoms with van der Waals surface area (Å²) in [5.41, 5.74) is 3.89. The highest BCUT2D eigenvalue weighted by atomic mass is 16.3. The van der Waals surface area contributed by atoms with Gasteiger partial charge in [0.1, 0.15) is 5.69 Å². The summed E-state index contributed by atoms with van der Waals surface area (Å²) in [5.74, 6) is 0.156. The van der Waals surface area contributed by atoms with E-state index in [0.717, 1.165) is 22.2 Å².